The van der Waals surface area contributed by atoms with E-state index in [9.17, 15) is 8.78 Å². The van der Waals surface area contributed by atoms with Gasteiger partial charge in [-0.1, -0.05) is 0 Å². The van der Waals surface area contributed by atoms with Crippen molar-refractivity contribution in [3.8, 4) is 5.75 Å². The number of phenols is 1. The number of rotatable bonds is 1. The van der Waals surface area contributed by atoms with Gasteiger partial charge in [0.1, 0.15) is 0 Å². The molecule has 0 bridgehead atoms. The molecular weight excluding hydrogens is 176 g/mol. The zero-order valence-corrected chi connectivity index (χ0v) is 6.85. The molecular formula is C9H9F2NO. The van der Waals surface area contributed by atoms with Crippen LogP contribution in [-0.4, -0.2) is 11.7 Å². The van der Waals surface area contributed by atoms with Gasteiger partial charge in [0.05, 0.1) is 0 Å². The second-order valence-electron chi connectivity index (χ2n) is 3.13. The van der Waals surface area contributed by atoms with Gasteiger partial charge in [0.15, 0.2) is 17.4 Å². The highest BCUT2D eigenvalue weighted by Gasteiger charge is 2.21. The number of halogens is 2. The maximum atomic E-state index is 12.8. The monoisotopic (exact) mass is 185 g/mol. The van der Waals surface area contributed by atoms with Gasteiger partial charge in [-0.25, -0.2) is 4.39 Å². The van der Waals surface area contributed by atoms with Crippen LogP contribution in [0, 0.1) is 11.6 Å². The number of aromatic hydroxyl groups is 1. The van der Waals surface area contributed by atoms with Gasteiger partial charge in [0.2, 0.25) is 0 Å². The lowest BCUT2D eigenvalue weighted by Crippen LogP contribution is -2.34. The highest BCUT2D eigenvalue weighted by Crippen LogP contribution is 2.28. The van der Waals surface area contributed by atoms with Crippen molar-refractivity contribution in [2.45, 2.75) is 12.5 Å². The van der Waals surface area contributed by atoms with Crippen LogP contribution in [0.1, 0.15) is 18.0 Å². The third-order valence-electron chi connectivity index (χ3n) is 2.26. The lowest BCUT2D eigenvalue weighted by Gasteiger charge is -2.28. The Morgan fingerprint density at radius 2 is 2.08 bits per heavy atom. The van der Waals surface area contributed by atoms with E-state index in [1.807, 2.05) is 0 Å². The van der Waals surface area contributed by atoms with Gasteiger partial charge in [-0.15, -0.1) is 0 Å². The standard InChI is InChI=1S/C9H9F2NO/c10-6-3-5(7-1-2-12-7)4-8(13)9(6)11/h3-4,7,12-13H,1-2H2/t7-/m1/s1. The molecule has 1 aromatic carbocycles. The van der Waals surface area contributed by atoms with Crippen molar-refractivity contribution in [1.82, 2.24) is 5.32 Å². The average Bonchev–Trinajstić information content (AvgIpc) is 1.96. The Morgan fingerprint density at radius 1 is 1.38 bits per heavy atom. The van der Waals surface area contributed by atoms with Crippen molar-refractivity contribution in [1.29, 1.82) is 0 Å². The molecule has 70 valence electrons. The highest BCUT2D eigenvalue weighted by molar-refractivity contribution is 5.32. The summed E-state index contributed by atoms with van der Waals surface area (Å²) in [7, 11) is 0. The fourth-order valence-electron chi connectivity index (χ4n) is 1.37. The average molecular weight is 185 g/mol. The van der Waals surface area contributed by atoms with E-state index in [0.29, 0.717) is 5.56 Å². The number of nitrogens with one attached hydrogen (secondary N) is 1. The number of benzene rings is 1. The molecule has 1 aliphatic rings. The molecule has 1 atom stereocenters. The van der Waals surface area contributed by atoms with Crippen LogP contribution >= 0.6 is 0 Å². The molecule has 0 radical (unpaired) electrons. The van der Waals surface area contributed by atoms with Crippen LogP contribution in [0.25, 0.3) is 0 Å². The van der Waals surface area contributed by atoms with Gasteiger partial charge >= 0.3 is 0 Å². The van der Waals surface area contributed by atoms with E-state index in [4.69, 9.17) is 5.11 Å². The Balaban J connectivity index is 2.37. The molecule has 2 nitrogen and oxygen atoms in total. The molecule has 1 aromatic rings. The number of hydrogen-bond acceptors (Lipinski definition) is 2. The number of phenolic OH excluding ortho intramolecular Hbond substituents is 1. The Hall–Kier alpha value is -1.16. The molecule has 0 aromatic heterocycles. The summed E-state index contributed by atoms with van der Waals surface area (Å²) in [4.78, 5) is 0. The smallest absolute Gasteiger partial charge is 0.200 e. The van der Waals surface area contributed by atoms with Crippen molar-refractivity contribution in [3.05, 3.63) is 29.3 Å². The first-order valence-electron chi connectivity index (χ1n) is 4.10. The van der Waals surface area contributed by atoms with E-state index in [1.165, 1.54) is 6.07 Å². The summed E-state index contributed by atoms with van der Waals surface area (Å²) in [5.74, 6) is -2.80. The predicted molar refractivity (Wildman–Crippen MR) is 43.4 cm³/mol. The van der Waals surface area contributed by atoms with Gasteiger partial charge in [0, 0.05) is 6.04 Å². The van der Waals surface area contributed by atoms with Crippen molar-refractivity contribution < 1.29 is 13.9 Å². The minimum atomic E-state index is -1.18. The van der Waals surface area contributed by atoms with E-state index in [0.717, 1.165) is 19.0 Å². The fourth-order valence-corrected chi connectivity index (χ4v) is 1.37. The van der Waals surface area contributed by atoms with E-state index in [-0.39, 0.29) is 6.04 Å². The minimum absolute atomic E-state index is 0.0565. The molecule has 2 rings (SSSR count). The zero-order chi connectivity index (χ0) is 9.42. The molecule has 0 unspecified atom stereocenters. The highest BCUT2D eigenvalue weighted by atomic mass is 19.2. The summed E-state index contributed by atoms with van der Waals surface area (Å²) in [5.41, 5.74) is 0.600. The molecule has 4 heteroatoms. The topological polar surface area (TPSA) is 32.3 Å². The molecule has 1 heterocycles. The second kappa shape index (κ2) is 2.96. The Kier molecular flexibility index (Phi) is 1.92. The Bertz CT molecular complexity index is 313. The van der Waals surface area contributed by atoms with Gasteiger partial charge in [0.25, 0.3) is 0 Å². The molecule has 0 aliphatic carbocycles. The predicted octanol–water partition coefficient (Wildman–Crippen LogP) is 1.70. The fraction of sp³-hybridized carbons (Fsp3) is 0.333. The molecule has 13 heavy (non-hydrogen) atoms. The summed E-state index contributed by atoms with van der Waals surface area (Å²) < 4.78 is 25.4. The first-order valence-corrected chi connectivity index (χ1v) is 4.10. The van der Waals surface area contributed by atoms with Crippen molar-refractivity contribution in [3.63, 3.8) is 0 Å². The van der Waals surface area contributed by atoms with Crippen LogP contribution in [0.15, 0.2) is 12.1 Å². The van der Waals surface area contributed by atoms with Crippen LogP contribution in [0.4, 0.5) is 8.78 Å². The molecule has 0 saturated carbocycles. The maximum Gasteiger partial charge on any atom is 0.200 e. The van der Waals surface area contributed by atoms with Crippen LogP contribution in [0.5, 0.6) is 5.75 Å². The summed E-state index contributed by atoms with van der Waals surface area (Å²) in [6, 6.07) is 2.43. The third kappa shape index (κ3) is 1.37. The molecule has 0 amide bonds. The zero-order valence-electron chi connectivity index (χ0n) is 6.85. The van der Waals surface area contributed by atoms with E-state index in [2.05, 4.69) is 5.32 Å². The van der Waals surface area contributed by atoms with E-state index >= 15 is 0 Å². The van der Waals surface area contributed by atoms with Gasteiger partial charge in [-0.3, -0.25) is 0 Å². The van der Waals surface area contributed by atoms with Crippen molar-refractivity contribution >= 4 is 0 Å². The van der Waals surface area contributed by atoms with Crippen LogP contribution in [0.3, 0.4) is 0 Å². The summed E-state index contributed by atoms with van der Waals surface area (Å²) >= 11 is 0. The van der Waals surface area contributed by atoms with E-state index < -0.39 is 17.4 Å². The molecule has 0 spiro atoms. The summed E-state index contributed by atoms with van der Waals surface area (Å²) in [6.07, 6.45) is 0.893. The quantitative estimate of drug-likeness (QED) is 0.698. The van der Waals surface area contributed by atoms with Crippen molar-refractivity contribution in [2.24, 2.45) is 0 Å². The Labute approximate surface area is 74.2 Å². The minimum Gasteiger partial charge on any atom is -0.505 e. The van der Waals surface area contributed by atoms with Gasteiger partial charge in [-0.2, -0.15) is 4.39 Å². The molecule has 1 saturated heterocycles. The SMILES string of the molecule is Oc1cc([C@H]2CCN2)cc(F)c1F. The second-order valence-corrected chi connectivity index (χ2v) is 3.13. The Morgan fingerprint density at radius 3 is 2.54 bits per heavy atom. The normalized spacial score (nSPS) is 21.2. The summed E-state index contributed by atoms with van der Waals surface area (Å²) in [6.45, 7) is 0.879. The van der Waals surface area contributed by atoms with E-state index in [1.54, 1.807) is 0 Å². The molecule has 1 aliphatic heterocycles. The maximum absolute atomic E-state index is 12.8. The van der Waals surface area contributed by atoms with Crippen molar-refractivity contribution in [2.75, 3.05) is 6.54 Å². The van der Waals surface area contributed by atoms with Crippen LogP contribution in [-0.2, 0) is 0 Å². The number of hydrogen-bond donors (Lipinski definition) is 2. The van der Waals surface area contributed by atoms with Crippen LogP contribution in [0.2, 0.25) is 0 Å². The largest absolute Gasteiger partial charge is 0.505 e. The van der Waals surface area contributed by atoms with Gasteiger partial charge in [-0.05, 0) is 30.7 Å². The van der Waals surface area contributed by atoms with Gasteiger partial charge < -0.3 is 10.4 Å². The first kappa shape index (κ1) is 8.44. The first-order chi connectivity index (χ1) is 6.18. The summed E-state index contributed by atoms with van der Waals surface area (Å²) in [5, 5.41) is 12.0. The molecule has 2 N–H and O–H groups in total. The lowest BCUT2D eigenvalue weighted by molar-refractivity contribution is 0.370. The lowest BCUT2D eigenvalue weighted by atomic mass is 9.98. The third-order valence-corrected chi connectivity index (χ3v) is 2.26. The van der Waals surface area contributed by atoms with Crippen LogP contribution < -0.4 is 5.32 Å². The molecule has 1 fully saturated rings.